The van der Waals surface area contributed by atoms with Gasteiger partial charge in [0.15, 0.2) is 0 Å². The first-order chi connectivity index (χ1) is 12.7. The first-order valence-electron chi connectivity index (χ1n) is 9.65. The Labute approximate surface area is 154 Å². The van der Waals surface area contributed by atoms with E-state index in [9.17, 15) is 4.79 Å². The molecule has 2 N–H and O–H groups in total. The zero-order chi connectivity index (χ0) is 17.9. The molecule has 4 rings (SSSR count). The molecule has 2 aliphatic rings. The molecular formula is C20H27N5O. The van der Waals surface area contributed by atoms with Crippen molar-refractivity contribution in [2.24, 2.45) is 11.7 Å². The minimum atomic E-state index is 0.147. The van der Waals surface area contributed by atoms with E-state index in [1.807, 2.05) is 29.6 Å². The van der Waals surface area contributed by atoms with E-state index in [1.54, 1.807) is 6.20 Å². The molecule has 1 saturated heterocycles. The molecule has 1 saturated carbocycles. The van der Waals surface area contributed by atoms with Crippen LogP contribution in [0.5, 0.6) is 0 Å². The first-order valence-corrected chi connectivity index (χ1v) is 9.65. The number of aromatic nitrogens is 3. The number of hydrogen-bond acceptors (Lipinski definition) is 4. The lowest BCUT2D eigenvalue weighted by Gasteiger charge is -2.33. The summed E-state index contributed by atoms with van der Waals surface area (Å²) >= 11 is 0. The number of imidazole rings is 1. The molecule has 1 aliphatic heterocycles. The summed E-state index contributed by atoms with van der Waals surface area (Å²) in [6, 6.07) is 4.26. The summed E-state index contributed by atoms with van der Waals surface area (Å²) in [5.74, 6) is 2.00. The lowest BCUT2D eigenvalue weighted by atomic mass is 9.94. The number of carbonyl (C=O) groups excluding carboxylic acids is 1. The molecule has 138 valence electrons. The molecule has 0 unspecified atom stereocenters. The van der Waals surface area contributed by atoms with Crippen LogP contribution in [0.15, 0.2) is 36.9 Å². The molecular weight excluding hydrogens is 326 g/mol. The number of hydrogen-bond donors (Lipinski definition) is 1. The highest BCUT2D eigenvalue weighted by molar-refractivity contribution is 5.79. The molecule has 0 aromatic carbocycles. The number of nitrogens with two attached hydrogens (primary N) is 1. The minimum Gasteiger partial charge on any atom is -0.342 e. The van der Waals surface area contributed by atoms with Gasteiger partial charge in [0.1, 0.15) is 5.82 Å². The molecule has 6 heteroatoms. The fraction of sp³-hybridized carbons (Fsp3) is 0.550. The molecule has 26 heavy (non-hydrogen) atoms. The van der Waals surface area contributed by atoms with Crippen molar-refractivity contribution in [1.82, 2.24) is 19.4 Å². The number of likely N-dealkylation sites (tertiary alicyclic amines) is 1. The van der Waals surface area contributed by atoms with Gasteiger partial charge in [-0.25, -0.2) is 4.98 Å². The molecule has 2 fully saturated rings. The molecule has 0 bridgehead atoms. The Morgan fingerprint density at radius 2 is 2.04 bits per heavy atom. The Bertz CT molecular complexity index is 736. The second kappa shape index (κ2) is 7.58. The number of carbonyl (C=O) groups is 1. The van der Waals surface area contributed by atoms with Crippen LogP contribution in [0.25, 0.3) is 0 Å². The lowest BCUT2D eigenvalue weighted by molar-refractivity contribution is -0.136. The number of rotatable bonds is 4. The van der Waals surface area contributed by atoms with Crippen LogP contribution >= 0.6 is 0 Å². The van der Waals surface area contributed by atoms with E-state index in [4.69, 9.17) is 5.73 Å². The summed E-state index contributed by atoms with van der Waals surface area (Å²) < 4.78 is 2.22. The summed E-state index contributed by atoms with van der Waals surface area (Å²) in [7, 11) is 0. The smallest absolute Gasteiger partial charge is 0.225 e. The van der Waals surface area contributed by atoms with Gasteiger partial charge in [-0.15, -0.1) is 0 Å². The highest BCUT2D eigenvalue weighted by Crippen LogP contribution is 2.31. The van der Waals surface area contributed by atoms with Gasteiger partial charge in [0.2, 0.25) is 5.91 Å². The summed E-state index contributed by atoms with van der Waals surface area (Å²) in [6.07, 6.45) is 12.4. The maximum absolute atomic E-state index is 12.7. The van der Waals surface area contributed by atoms with Crippen LogP contribution in [0, 0.1) is 5.92 Å². The minimum absolute atomic E-state index is 0.147. The van der Waals surface area contributed by atoms with Crippen LogP contribution in [0.2, 0.25) is 0 Å². The van der Waals surface area contributed by atoms with Crippen LogP contribution < -0.4 is 5.73 Å². The zero-order valence-electron chi connectivity index (χ0n) is 15.1. The molecule has 2 aromatic rings. The van der Waals surface area contributed by atoms with E-state index in [-0.39, 0.29) is 12.0 Å². The van der Waals surface area contributed by atoms with Crippen molar-refractivity contribution in [3.8, 4) is 0 Å². The third-order valence-corrected chi connectivity index (χ3v) is 5.82. The first kappa shape index (κ1) is 17.2. The SMILES string of the molecule is N[C@@H]1CC[C@H](C(=O)N2CCC(c3nccn3Cc3cccnc3)CC2)C1. The Kier molecular flexibility index (Phi) is 5.02. The average Bonchev–Trinajstić information content (AvgIpc) is 3.31. The average molecular weight is 353 g/mol. The Balaban J connectivity index is 1.37. The largest absolute Gasteiger partial charge is 0.342 e. The summed E-state index contributed by atoms with van der Waals surface area (Å²) in [4.78, 5) is 23.5. The predicted molar refractivity (Wildman–Crippen MR) is 99.4 cm³/mol. The van der Waals surface area contributed by atoms with Crippen molar-refractivity contribution >= 4 is 5.91 Å². The van der Waals surface area contributed by atoms with E-state index in [0.29, 0.717) is 11.8 Å². The van der Waals surface area contributed by atoms with Crippen molar-refractivity contribution in [1.29, 1.82) is 0 Å². The normalized spacial score (nSPS) is 24.1. The number of pyridine rings is 1. The van der Waals surface area contributed by atoms with Crippen LogP contribution in [-0.4, -0.2) is 44.5 Å². The Morgan fingerprint density at radius 1 is 1.19 bits per heavy atom. The van der Waals surface area contributed by atoms with Gasteiger partial charge < -0.3 is 15.2 Å². The van der Waals surface area contributed by atoms with Gasteiger partial charge in [-0.3, -0.25) is 9.78 Å². The number of nitrogens with zero attached hydrogens (tertiary/aromatic N) is 4. The summed E-state index contributed by atoms with van der Waals surface area (Å²) in [5.41, 5.74) is 7.15. The molecule has 0 radical (unpaired) electrons. The van der Waals surface area contributed by atoms with E-state index in [2.05, 4.69) is 20.6 Å². The molecule has 2 atom stereocenters. The standard InChI is InChI=1S/C20H27N5O/c21-18-4-3-17(12-18)20(26)24-9-5-16(6-10-24)19-23-8-11-25(19)14-15-2-1-7-22-13-15/h1-2,7-8,11,13,16-18H,3-6,9-10,12,14,21H2/t17-,18+/m0/s1. The maximum Gasteiger partial charge on any atom is 0.225 e. The zero-order valence-corrected chi connectivity index (χ0v) is 15.1. The highest BCUT2D eigenvalue weighted by Gasteiger charge is 2.33. The van der Waals surface area contributed by atoms with Crippen molar-refractivity contribution < 1.29 is 4.79 Å². The van der Waals surface area contributed by atoms with Crippen molar-refractivity contribution in [3.63, 3.8) is 0 Å². The Hall–Kier alpha value is -2.21. The highest BCUT2D eigenvalue weighted by atomic mass is 16.2. The Morgan fingerprint density at radius 3 is 2.73 bits per heavy atom. The van der Waals surface area contributed by atoms with Gasteiger partial charge in [0.05, 0.1) is 6.54 Å². The molecule has 6 nitrogen and oxygen atoms in total. The van der Waals surface area contributed by atoms with E-state index < -0.39 is 0 Å². The number of piperidine rings is 1. The monoisotopic (exact) mass is 353 g/mol. The maximum atomic E-state index is 12.7. The lowest BCUT2D eigenvalue weighted by Crippen LogP contribution is -2.41. The molecule has 3 heterocycles. The van der Waals surface area contributed by atoms with Gasteiger partial charge in [-0.05, 0) is 43.7 Å². The predicted octanol–water partition coefficient (Wildman–Crippen LogP) is 2.16. The van der Waals surface area contributed by atoms with Crippen molar-refractivity contribution in [2.75, 3.05) is 13.1 Å². The molecule has 2 aromatic heterocycles. The van der Waals surface area contributed by atoms with Crippen LogP contribution in [0.3, 0.4) is 0 Å². The van der Waals surface area contributed by atoms with E-state index in [0.717, 1.165) is 57.6 Å². The summed E-state index contributed by atoms with van der Waals surface area (Å²) in [6.45, 7) is 2.45. The van der Waals surface area contributed by atoms with Crippen LogP contribution in [0.1, 0.15) is 49.4 Å². The van der Waals surface area contributed by atoms with Gasteiger partial charge >= 0.3 is 0 Å². The van der Waals surface area contributed by atoms with Crippen LogP contribution in [-0.2, 0) is 11.3 Å². The summed E-state index contributed by atoms with van der Waals surface area (Å²) in [5, 5.41) is 0. The third-order valence-electron chi connectivity index (χ3n) is 5.82. The van der Waals surface area contributed by atoms with E-state index >= 15 is 0 Å². The fourth-order valence-corrected chi connectivity index (χ4v) is 4.36. The van der Waals surface area contributed by atoms with Gasteiger partial charge in [0.25, 0.3) is 0 Å². The van der Waals surface area contributed by atoms with Crippen molar-refractivity contribution in [3.05, 3.63) is 48.3 Å². The third kappa shape index (κ3) is 3.65. The molecule has 1 amide bonds. The topological polar surface area (TPSA) is 77.0 Å². The van der Waals surface area contributed by atoms with Gasteiger partial charge in [-0.1, -0.05) is 6.07 Å². The van der Waals surface area contributed by atoms with Crippen LogP contribution in [0.4, 0.5) is 0 Å². The fourth-order valence-electron chi connectivity index (χ4n) is 4.36. The van der Waals surface area contributed by atoms with Gasteiger partial charge in [0, 0.05) is 55.8 Å². The second-order valence-corrected chi connectivity index (χ2v) is 7.64. The van der Waals surface area contributed by atoms with Crippen molar-refractivity contribution in [2.45, 2.75) is 50.6 Å². The quantitative estimate of drug-likeness (QED) is 0.914. The van der Waals surface area contributed by atoms with E-state index in [1.165, 1.54) is 5.56 Å². The number of amides is 1. The van der Waals surface area contributed by atoms with Gasteiger partial charge in [-0.2, -0.15) is 0 Å². The second-order valence-electron chi connectivity index (χ2n) is 7.64. The molecule has 1 aliphatic carbocycles. The molecule has 0 spiro atoms.